The summed E-state index contributed by atoms with van der Waals surface area (Å²) in [5.74, 6) is -0.674. The Morgan fingerprint density at radius 1 is 1.24 bits per heavy atom. The van der Waals surface area contributed by atoms with Crippen LogP contribution >= 0.6 is 23.2 Å². The van der Waals surface area contributed by atoms with Crippen LogP contribution in [0.1, 0.15) is 10.4 Å². The van der Waals surface area contributed by atoms with Gasteiger partial charge >= 0.3 is 0 Å². The summed E-state index contributed by atoms with van der Waals surface area (Å²) in [6.45, 7) is 0. The first kappa shape index (κ1) is 13.7. The van der Waals surface area contributed by atoms with Crippen molar-refractivity contribution < 1.29 is 4.79 Å². The lowest BCUT2D eigenvalue weighted by Crippen LogP contribution is -2.16. The first-order chi connectivity index (χ1) is 9.97. The number of H-pyrrole nitrogens is 1. The largest absolute Gasteiger partial charge is 0.365 e. The number of carbonyl (C=O) groups excluding carboxylic acids is 1. The van der Waals surface area contributed by atoms with Gasteiger partial charge in [0.2, 0.25) is 0 Å². The number of nitrogens with zero attached hydrogens (tertiary/aromatic N) is 2. The Kier molecular flexibility index (Phi) is 3.19. The average molecular weight is 323 g/mol. The number of hydrogen-bond donors (Lipinski definition) is 2. The number of benzene rings is 1. The van der Waals surface area contributed by atoms with Gasteiger partial charge in [0.1, 0.15) is 5.56 Å². The molecule has 0 aliphatic heterocycles. The molecule has 6 nitrogen and oxygen atoms in total. The highest BCUT2D eigenvalue weighted by Gasteiger charge is 2.13. The van der Waals surface area contributed by atoms with Crippen LogP contribution in [0.5, 0.6) is 0 Å². The quantitative estimate of drug-likeness (QED) is 0.756. The summed E-state index contributed by atoms with van der Waals surface area (Å²) >= 11 is 11.8. The van der Waals surface area contributed by atoms with Gasteiger partial charge in [-0.3, -0.25) is 9.59 Å². The van der Waals surface area contributed by atoms with E-state index in [0.29, 0.717) is 21.3 Å². The Balaban J connectivity index is 2.28. The van der Waals surface area contributed by atoms with Gasteiger partial charge in [0.15, 0.2) is 5.65 Å². The number of primary amides is 1. The number of nitrogens with one attached hydrogen (secondary N) is 1. The van der Waals surface area contributed by atoms with Crippen molar-refractivity contribution in [1.82, 2.24) is 14.6 Å². The number of rotatable bonds is 2. The number of hydrogen-bond acceptors (Lipinski definition) is 3. The number of aromatic nitrogens is 3. The summed E-state index contributed by atoms with van der Waals surface area (Å²) in [6.07, 6.45) is 1.24. The fourth-order valence-electron chi connectivity index (χ4n) is 1.98. The maximum absolute atomic E-state index is 12.0. The van der Waals surface area contributed by atoms with Crippen molar-refractivity contribution in [3.63, 3.8) is 0 Å². The molecule has 0 spiro atoms. The molecule has 106 valence electrons. The van der Waals surface area contributed by atoms with Gasteiger partial charge in [0, 0.05) is 6.07 Å². The molecule has 2 heterocycles. The fraction of sp³-hybridized carbons (Fsp3) is 0. The summed E-state index contributed by atoms with van der Waals surface area (Å²) in [4.78, 5) is 26.3. The van der Waals surface area contributed by atoms with Crippen LogP contribution in [0, 0.1) is 0 Å². The number of amides is 1. The summed E-state index contributed by atoms with van der Waals surface area (Å²) in [5.41, 5.74) is 6.36. The van der Waals surface area contributed by atoms with Gasteiger partial charge in [-0.25, -0.2) is 0 Å². The van der Waals surface area contributed by atoms with Crippen molar-refractivity contribution >= 4 is 34.8 Å². The van der Waals surface area contributed by atoms with Gasteiger partial charge in [0.25, 0.3) is 11.5 Å². The zero-order chi connectivity index (χ0) is 15.1. The van der Waals surface area contributed by atoms with Gasteiger partial charge in [-0.1, -0.05) is 29.3 Å². The molecule has 3 aromatic rings. The molecule has 0 saturated heterocycles. The summed E-state index contributed by atoms with van der Waals surface area (Å²) in [5, 5.41) is 4.60. The number of carbonyl (C=O) groups is 1. The minimum atomic E-state index is -0.674. The van der Waals surface area contributed by atoms with E-state index in [4.69, 9.17) is 28.9 Å². The predicted octanol–water partition coefficient (Wildman–Crippen LogP) is 2.10. The van der Waals surface area contributed by atoms with E-state index in [0.717, 1.165) is 4.52 Å². The van der Waals surface area contributed by atoms with E-state index in [9.17, 15) is 9.59 Å². The Bertz CT molecular complexity index is 930. The van der Waals surface area contributed by atoms with Crippen LogP contribution < -0.4 is 11.3 Å². The molecule has 0 unspecified atom stereocenters. The van der Waals surface area contributed by atoms with Crippen LogP contribution in [0.3, 0.4) is 0 Å². The summed E-state index contributed by atoms with van der Waals surface area (Å²) in [6, 6.07) is 6.29. The Morgan fingerprint density at radius 2 is 2.00 bits per heavy atom. The van der Waals surface area contributed by atoms with Crippen LogP contribution in [0.15, 0.2) is 35.3 Å². The second kappa shape index (κ2) is 4.91. The highest BCUT2D eigenvalue weighted by molar-refractivity contribution is 6.42. The minimum absolute atomic E-state index is 0.133. The van der Waals surface area contributed by atoms with Crippen molar-refractivity contribution in [3.8, 4) is 11.3 Å². The number of nitrogens with two attached hydrogens (primary N) is 1. The second-order valence-corrected chi connectivity index (χ2v) is 5.15. The third kappa shape index (κ3) is 2.28. The van der Waals surface area contributed by atoms with Crippen molar-refractivity contribution in [2.45, 2.75) is 0 Å². The Hall–Kier alpha value is -2.31. The first-order valence-electron chi connectivity index (χ1n) is 5.83. The summed E-state index contributed by atoms with van der Waals surface area (Å²) in [7, 11) is 0. The van der Waals surface area contributed by atoms with E-state index in [1.165, 1.54) is 12.3 Å². The van der Waals surface area contributed by atoms with Crippen LogP contribution in [-0.4, -0.2) is 20.5 Å². The van der Waals surface area contributed by atoms with Gasteiger partial charge in [-0.15, -0.1) is 0 Å². The Morgan fingerprint density at radius 3 is 2.67 bits per heavy atom. The van der Waals surface area contributed by atoms with Crippen molar-refractivity contribution in [1.29, 1.82) is 0 Å². The second-order valence-electron chi connectivity index (χ2n) is 4.33. The van der Waals surface area contributed by atoms with E-state index in [-0.39, 0.29) is 11.2 Å². The molecule has 21 heavy (non-hydrogen) atoms. The van der Waals surface area contributed by atoms with E-state index in [1.54, 1.807) is 18.2 Å². The van der Waals surface area contributed by atoms with Gasteiger partial charge in [-0.05, 0) is 17.7 Å². The highest BCUT2D eigenvalue weighted by atomic mass is 35.5. The van der Waals surface area contributed by atoms with E-state index >= 15 is 0 Å². The lowest BCUT2D eigenvalue weighted by Gasteiger charge is -2.05. The average Bonchev–Trinajstić information content (AvgIpc) is 2.86. The van der Waals surface area contributed by atoms with E-state index in [2.05, 4.69) is 10.1 Å². The zero-order valence-electron chi connectivity index (χ0n) is 10.4. The number of halogens is 2. The van der Waals surface area contributed by atoms with E-state index in [1.807, 2.05) is 0 Å². The number of fused-ring (bicyclic) bond motifs is 1. The lowest BCUT2D eigenvalue weighted by atomic mass is 10.1. The molecule has 0 aliphatic carbocycles. The molecule has 0 aliphatic rings. The molecular weight excluding hydrogens is 315 g/mol. The molecule has 1 aromatic carbocycles. The van der Waals surface area contributed by atoms with Gasteiger partial charge in [-0.2, -0.15) is 9.61 Å². The lowest BCUT2D eigenvalue weighted by molar-refractivity contribution is 0.100. The number of aromatic amines is 1. The normalized spacial score (nSPS) is 11.0. The third-order valence-electron chi connectivity index (χ3n) is 2.99. The monoisotopic (exact) mass is 322 g/mol. The fourth-order valence-corrected chi connectivity index (χ4v) is 2.28. The predicted molar refractivity (Wildman–Crippen MR) is 79.8 cm³/mol. The molecule has 3 rings (SSSR count). The van der Waals surface area contributed by atoms with E-state index < -0.39 is 11.5 Å². The first-order valence-corrected chi connectivity index (χ1v) is 6.59. The third-order valence-corrected chi connectivity index (χ3v) is 3.73. The minimum Gasteiger partial charge on any atom is -0.365 e. The molecule has 3 N–H and O–H groups in total. The van der Waals surface area contributed by atoms with Gasteiger partial charge < -0.3 is 10.7 Å². The van der Waals surface area contributed by atoms with Crippen LogP contribution in [0.25, 0.3) is 16.9 Å². The van der Waals surface area contributed by atoms with Crippen LogP contribution in [0.2, 0.25) is 10.0 Å². The standard InChI is InChI=1S/C13H8Cl2N4O2/c14-8-2-1-6(3-9(8)15)10-4-11(20)19-13(18-10)7(5-17-19)12(16)21/h1-5,18H,(H2,16,21). The van der Waals surface area contributed by atoms with Crippen LogP contribution in [-0.2, 0) is 0 Å². The molecule has 0 bridgehead atoms. The summed E-state index contributed by atoms with van der Waals surface area (Å²) < 4.78 is 1.07. The molecule has 0 atom stereocenters. The van der Waals surface area contributed by atoms with Crippen molar-refractivity contribution in [2.75, 3.05) is 0 Å². The molecular formula is C13H8Cl2N4O2. The van der Waals surface area contributed by atoms with Crippen LogP contribution in [0.4, 0.5) is 0 Å². The Labute approximate surface area is 128 Å². The zero-order valence-corrected chi connectivity index (χ0v) is 11.9. The molecule has 0 radical (unpaired) electrons. The molecule has 2 aromatic heterocycles. The maximum Gasteiger partial charge on any atom is 0.274 e. The molecule has 8 heteroatoms. The van der Waals surface area contributed by atoms with Crippen molar-refractivity contribution in [2.24, 2.45) is 5.73 Å². The topological polar surface area (TPSA) is 93.2 Å². The SMILES string of the molecule is NC(=O)c1cnn2c(=O)cc(-c3ccc(Cl)c(Cl)c3)[nH]c12. The van der Waals surface area contributed by atoms with Crippen molar-refractivity contribution in [3.05, 3.63) is 56.4 Å². The molecule has 1 amide bonds. The molecule has 0 saturated carbocycles. The smallest absolute Gasteiger partial charge is 0.274 e. The highest BCUT2D eigenvalue weighted by Crippen LogP contribution is 2.27. The van der Waals surface area contributed by atoms with Gasteiger partial charge in [0.05, 0.1) is 21.9 Å². The molecule has 0 fully saturated rings. The maximum atomic E-state index is 12.0.